The first-order valence-corrected chi connectivity index (χ1v) is 9.03. The largest absolute Gasteiger partial charge is 0.378 e. The van der Waals surface area contributed by atoms with Crippen LogP contribution in [0.4, 0.5) is 0 Å². The highest BCUT2D eigenvalue weighted by molar-refractivity contribution is 5.88. The van der Waals surface area contributed by atoms with E-state index >= 15 is 0 Å². The first kappa shape index (κ1) is 17.7. The number of nitrogens with one attached hydrogen (secondary N) is 1. The number of nitrogens with zero attached hydrogens (tertiary/aromatic N) is 1. The van der Waals surface area contributed by atoms with Crippen molar-refractivity contribution in [3.63, 3.8) is 0 Å². The summed E-state index contributed by atoms with van der Waals surface area (Å²) < 4.78 is 5.33. The van der Waals surface area contributed by atoms with Gasteiger partial charge in [-0.05, 0) is 25.3 Å². The van der Waals surface area contributed by atoms with Crippen LogP contribution in [0.25, 0.3) is 0 Å². The van der Waals surface area contributed by atoms with Crippen LogP contribution in [-0.2, 0) is 14.3 Å². The van der Waals surface area contributed by atoms with Gasteiger partial charge in [0.2, 0.25) is 11.8 Å². The van der Waals surface area contributed by atoms with Gasteiger partial charge in [0.25, 0.3) is 0 Å². The number of carbonyl (C=O) groups excluding carboxylic acids is 2. The Hall–Kier alpha value is -2.14. The third-order valence-electron chi connectivity index (χ3n) is 5.07. The average molecular weight is 342 g/mol. The van der Waals surface area contributed by atoms with E-state index in [0.717, 1.165) is 5.56 Å². The summed E-state index contributed by atoms with van der Waals surface area (Å²) in [5.41, 5.74) is 1.07. The number of rotatable bonds is 4. The molecular formula is C20H26N2O3. The van der Waals surface area contributed by atoms with E-state index in [9.17, 15) is 9.59 Å². The van der Waals surface area contributed by atoms with E-state index in [2.05, 4.69) is 5.32 Å². The Labute approximate surface area is 149 Å². The Bertz CT molecular complexity index is 623. The second kappa shape index (κ2) is 8.30. The molecule has 25 heavy (non-hydrogen) atoms. The Kier molecular flexibility index (Phi) is 5.87. The molecule has 0 bridgehead atoms. The van der Waals surface area contributed by atoms with Gasteiger partial charge < -0.3 is 15.0 Å². The van der Waals surface area contributed by atoms with Crippen LogP contribution in [0.1, 0.15) is 31.4 Å². The van der Waals surface area contributed by atoms with Crippen molar-refractivity contribution in [3.05, 3.63) is 48.0 Å². The highest BCUT2D eigenvalue weighted by atomic mass is 16.5. The van der Waals surface area contributed by atoms with E-state index < -0.39 is 0 Å². The second-order valence-corrected chi connectivity index (χ2v) is 6.73. The predicted octanol–water partition coefficient (Wildman–Crippen LogP) is 2.30. The van der Waals surface area contributed by atoms with Gasteiger partial charge in [-0.3, -0.25) is 9.59 Å². The van der Waals surface area contributed by atoms with Gasteiger partial charge in [-0.1, -0.05) is 42.5 Å². The molecule has 0 aromatic heterocycles. The fourth-order valence-corrected chi connectivity index (χ4v) is 3.54. The molecule has 0 radical (unpaired) electrons. The number of morpholine rings is 1. The number of ether oxygens (including phenoxy) is 1. The number of allylic oxidation sites excluding steroid dienone is 2. The lowest BCUT2D eigenvalue weighted by Gasteiger charge is -2.34. The lowest BCUT2D eigenvalue weighted by molar-refractivity contribution is -0.145. The van der Waals surface area contributed by atoms with Crippen LogP contribution in [0.15, 0.2) is 42.5 Å². The molecule has 0 unspecified atom stereocenters. The molecule has 1 fully saturated rings. The molecule has 1 aromatic rings. The number of hydrogen-bond acceptors (Lipinski definition) is 3. The third-order valence-corrected chi connectivity index (χ3v) is 5.07. The maximum absolute atomic E-state index is 12.9. The minimum atomic E-state index is -0.300. The lowest BCUT2D eigenvalue weighted by atomic mass is 9.81. The molecule has 3 rings (SSSR count). The molecular weight excluding hydrogens is 316 g/mol. The first-order valence-electron chi connectivity index (χ1n) is 9.03. The van der Waals surface area contributed by atoms with Gasteiger partial charge >= 0.3 is 0 Å². The molecule has 1 aromatic carbocycles. The summed E-state index contributed by atoms with van der Waals surface area (Å²) >= 11 is 0. The highest BCUT2D eigenvalue weighted by Gasteiger charge is 2.37. The minimum Gasteiger partial charge on any atom is -0.378 e. The number of hydrogen-bond donors (Lipinski definition) is 1. The van der Waals surface area contributed by atoms with E-state index in [1.54, 1.807) is 0 Å². The molecule has 1 heterocycles. The van der Waals surface area contributed by atoms with Crippen LogP contribution in [0.2, 0.25) is 0 Å². The van der Waals surface area contributed by atoms with Crippen LogP contribution >= 0.6 is 0 Å². The SMILES string of the molecule is C[C@H](NC(=O)[C@H]1CC=CC[C@H]1C(=O)N1CCOCC1)c1ccccc1. The van der Waals surface area contributed by atoms with E-state index in [1.807, 2.05) is 54.3 Å². The fourth-order valence-electron chi connectivity index (χ4n) is 3.54. The molecule has 5 heteroatoms. The van der Waals surface area contributed by atoms with Crippen LogP contribution in [0.5, 0.6) is 0 Å². The second-order valence-electron chi connectivity index (χ2n) is 6.73. The van der Waals surface area contributed by atoms with Crippen molar-refractivity contribution in [1.82, 2.24) is 10.2 Å². The molecule has 1 aliphatic heterocycles. The topological polar surface area (TPSA) is 58.6 Å². The molecule has 1 aliphatic carbocycles. The zero-order valence-corrected chi connectivity index (χ0v) is 14.7. The molecule has 1 saturated heterocycles. The molecule has 2 aliphatic rings. The van der Waals surface area contributed by atoms with Gasteiger partial charge in [0.1, 0.15) is 0 Å². The number of carbonyl (C=O) groups is 2. The van der Waals surface area contributed by atoms with Crippen molar-refractivity contribution in [3.8, 4) is 0 Å². The van der Waals surface area contributed by atoms with Gasteiger partial charge in [0.15, 0.2) is 0 Å². The lowest BCUT2D eigenvalue weighted by Crippen LogP contribution is -2.48. The summed E-state index contributed by atoms with van der Waals surface area (Å²) in [7, 11) is 0. The first-order chi connectivity index (χ1) is 12.2. The summed E-state index contributed by atoms with van der Waals surface area (Å²) in [4.78, 5) is 27.6. The van der Waals surface area contributed by atoms with E-state index in [1.165, 1.54) is 0 Å². The zero-order chi connectivity index (χ0) is 17.6. The van der Waals surface area contributed by atoms with Crippen LogP contribution < -0.4 is 5.32 Å². The van der Waals surface area contributed by atoms with E-state index in [4.69, 9.17) is 4.74 Å². The molecule has 0 saturated carbocycles. The monoisotopic (exact) mass is 342 g/mol. The van der Waals surface area contributed by atoms with Crippen LogP contribution in [0.3, 0.4) is 0 Å². The minimum absolute atomic E-state index is 0.0349. The van der Waals surface area contributed by atoms with E-state index in [0.29, 0.717) is 39.1 Å². The van der Waals surface area contributed by atoms with Crippen molar-refractivity contribution in [2.75, 3.05) is 26.3 Å². The maximum Gasteiger partial charge on any atom is 0.226 e. The van der Waals surface area contributed by atoms with Crippen molar-refractivity contribution in [1.29, 1.82) is 0 Å². The number of benzene rings is 1. The van der Waals surface area contributed by atoms with Gasteiger partial charge in [-0.25, -0.2) is 0 Å². The Balaban J connectivity index is 1.66. The smallest absolute Gasteiger partial charge is 0.226 e. The molecule has 0 spiro atoms. The van der Waals surface area contributed by atoms with Crippen LogP contribution in [-0.4, -0.2) is 43.0 Å². The van der Waals surface area contributed by atoms with Crippen molar-refractivity contribution in [2.45, 2.75) is 25.8 Å². The summed E-state index contributed by atoms with van der Waals surface area (Å²) in [6, 6.07) is 9.82. The van der Waals surface area contributed by atoms with Gasteiger partial charge in [-0.15, -0.1) is 0 Å². The van der Waals surface area contributed by atoms with Gasteiger partial charge in [0, 0.05) is 13.1 Å². The van der Waals surface area contributed by atoms with E-state index in [-0.39, 0.29) is 29.7 Å². The van der Waals surface area contributed by atoms with Crippen molar-refractivity contribution >= 4 is 11.8 Å². The maximum atomic E-state index is 12.9. The average Bonchev–Trinajstić information content (AvgIpc) is 2.68. The predicted molar refractivity (Wildman–Crippen MR) is 95.8 cm³/mol. The fraction of sp³-hybridized carbons (Fsp3) is 0.500. The third kappa shape index (κ3) is 4.28. The molecule has 3 atom stereocenters. The van der Waals surface area contributed by atoms with Crippen LogP contribution in [0, 0.1) is 11.8 Å². The molecule has 5 nitrogen and oxygen atoms in total. The molecule has 1 N–H and O–H groups in total. The quantitative estimate of drug-likeness (QED) is 0.854. The standard InChI is InChI=1S/C20H26N2O3/c1-15(16-7-3-2-4-8-16)21-19(23)17-9-5-6-10-18(17)20(24)22-11-13-25-14-12-22/h2-8,15,17-18H,9-14H2,1H3,(H,21,23)/t15-,17-,18+/m0/s1. The zero-order valence-electron chi connectivity index (χ0n) is 14.7. The summed E-state index contributed by atoms with van der Waals surface area (Å²) in [5.74, 6) is -0.523. The Morgan fingerprint density at radius 2 is 1.72 bits per heavy atom. The summed E-state index contributed by atoms with van der Waals surface area (Å²) in [6.07, 6.45) is 5.29. The van der Waals surface area contributed by atoms with Crippen molar-refractivity contribution < 1.29 is 14.3 Å². The Morgan fingerprint density at radius 1 is 1.08 bits per heavy atom. The molecule has 134 valence electrons. The molecule has 2 amide bonds. The van der Waals surface area contributed by atoms with Gasteiger partial charge in [-0.2, -0.15) is 0 Å². The highest BCUT2D eigenvalue weighted by Crippen LogP contribution is 2.29. The normalized spacial score (nSPS) is 24.6. The number of amides is 2. The summed E-state index contributed by atoms with van der Waals surface area (Å²) in [6.45, 7) is 4.37. The summed E-state index contributed by atoms with van der Waals surface area (Å²) in [5, 5.41) is 3.09. The van der Waals surface area contributed by atoms with Crippen molar-refractivity contribution in [2.24, 2.45) is 11.8 Å². The van der Waals surface area contributed by atoms with Gasteiger partial charge in [0.05, 0.1) is 31.1 Å². The Morgan fingerprint density at radius 3 is 2.40 bits per heavy atom.